The molecule has 0 aromatic rings. The van der Waals surface area contributed by atoms with E-state index in [0.29, 0.717) is 26.2 Å². The quantitative estimate of drug-likeness (QED) is 0.657. The van der Waals surface area contributed by atoms with E-state index in [2.05, 4.69) is 10.2 Å². The van der Waals surface area contributed by atoms with Gasteiger partial charge in [-0.3, -0.25) is 14.5 Å². The Morgan fingerprint density at radius 2 is 1.83 bits per heavy atom. The van der Waals surface area contributed by atoms with Gasteiger partial charge in [-0.2, -0.15) is 0 Å². The molecule has 1 aliphatic carbocycles. The van der Waals surface area contributed by atoms with E-state index < -0.39 is 5.54 Å². The third kappa shape index (κ3) is 3.00. The molecule has 0 spiro atoms. The van der Waals surface area contributed by atoms with E-state index in [1.807, 2.05) is 11.8 Å². The highest BCUT2D eigenvalue weighted by molar-refractivity contribution is 5.89. The molecule has 3 N–H and O–H groups in total. The zero-order valence-electron chi connectivity index (χ0n) is 10.9. The summed E-state index contributed by atoms with van der Waals surface area (Å²) in [6.07, 6.45) is 1.62. The molecule has 6 heteroatoms. The second kappa shape index (κ2) is 5.24. The highest BCUT2D eigenvalue weighted by Gasteiger charge is 2.48. The highest BCUT2D eigenvalue weighted by atomic mass is 16.2. The van der Waals surface area contributed by atoms with Crippen molar-refractivity contribution in [1.29, 1.82) is 0 Å². The zero-order chi connectivity index (χ0) is 13.2. The van der Waals surface area contributed by atoms with Crippen LogP contribution < -0.4 is 11.1 Å². The Morgan fingerprint density at radius 1 is 1.22 bits per heavy atom. The van der Waals surface area contributed by atoms with Crippen LogP contribution in [0.15, 0.2) is 0 Å². The number of amides is 2. The lowest BCUT2D eigenvalue weighted by Crippen LogP contribution is -2.55. The number of carbonyl (C=O) groups excluding carboxylic acids is 2. The third-order valence-electron chi connectivity index (χ3n) is 3.62. The number of piperazine rings is 1. The molecule has 0 aromatic heterocycles. The number of nitrogens with two attached hydrogens (primary N) is 1. The van der Waals surface area contributed by atoms with Crippen LogP contribution in [0.1, 0.15) is 19.8 Å². The molecule has 0 atom stereocenters. The second-order valence-corrected chi connectivity index (χ2v) is 5.18. The minimum absolute atomic E-state index is 0.0507. The molecule has 6 nitrogen and oxygen atoms in total. The van der Waals surface area contributed by atoms with Gasteiger partial charge in [-0.25, -0.2) is 0 Å². The zero-order valence-corrected chi connectivity index (χ0v) is 10.9. The summed E-state index contributed by atoms with van der Waals surface area (Å²) in [4.78, 5) is 27.4. The number of hydrogen-bond donors (Lipinski definition) is 2. The molecule has 2 fully saturated rings. The smallest absolute Gasteiger partial charge is 0.242 e. The lowest BCUT2D eigenvalue weighted by Gasteiger charge is -2.35. The van der Waals surface area contributed by atoms with E-state index in [-0.39, 0.29) is 11.8 Å². The van der Waals surface area contributed by atoms with Gasteiger partial charge in [0, 0.05) is 32.7 Å². The normalized spacial score (nSPS) is 22.7. The van der Waals surface area contributed by atoms with E-state index >= 15 is 0 Å². The van der Waals surface area contributed by atoms with E-state index in [4.69, 9.17) is 5.73 Å². The molecule has 18 heavy (non-hydrogen) atoms. The van der Waals surface area contributed by atoms with Gasteiger partial charge in [0.2, 0.25) is 11.8 Å². The number of likely N-dealkylation sites (N-methyl/N-ethyl adjacent to an activating group) is 1. The third-order valence-corrected chi connectivity index (χ3v) is 3.62. The van der Waals surface area contributed by atoms with E-state index in [0.717, 1.165) is 25.9 Å². The first-order chi connectivity index (χ1) is 8.55. The SMILES string of the molecule is CCNC(=O)CN1CCN(C(=O)C2(N)CC2)CC1. The molecule has 0 bridgehead atoms. The number of rotatable bonds is 4. The molecule has 0 aromatic carbocycles. The summed E-state index contributed by atoms with van der Waals surface area (Å²) in [7, 11) is 0. The van der Waals surface area contributed by atoms with Gasteiger partial charge in [0.25, 0.3) is 0 Å². The molecule has 102 valence electrons. The molecule has 1 saturated heterocycles. The van der Waals surface area contributed by atoms with Crippen LogP contribution in [0.4, 0.5) is 0 Å². The number of nitrogens with zero attached hydrogens (tertiary/aromatic N) is 2. The maximum absolute atomic E-state index is 12.0. The van der Waals surface area contributed by atoms with Gasteiger partial charge in [-0.1, -0.05) is 0 Å². The van der Waals surface area contributed by atoms with Gasteiger partial charge in [-0.15, -0.1) is 0 Å². The van der Waals surface area contributed by atoms with Gasteiger partial charge in [0.05, 0.1) is 12.1 Å². The van der Waals surface area contributed by atoms with Crippen molar-refractivity contribution in [3.63, 3.8) is 0 Å². The maximum atomic E-state index is 12.0. The molecule has 1 heterocycles. The summed E-state index contributed by atoms with van der Waals surface area (Å²) < 4.78 is 0. The Morgan fingerprint density at radius 3 is 2.33 bits per heavy atom. The standard InChI is InChI=1S/C12H22N4O2/c1-2-14-10(17)9-15-5-7-16(8-6-15)11(18)12(13)3-4-12/h2-9,13H2,1H3,(H,14,17). The summed E-state index contributed by atoms with van der Waals surface area (Å²) in [5.74, 6) is 0.134. The first-order valence-electron chi connectivity index (χ1n) is 6.62. The van der Waals surface area contributed by atoms with Crippen molar-refractivity contribution in [1.82, 2.24) is 15.1 Å². The van der Waals surface area contributed by atoms with Crippen molar-refractivity contribution < 1.29 is 9.59 Å². The average Bonchev–Trinajstić information content (AvgIpc) is 3.09. The van der Waals surface area contributed by atoms with Crippen molar-refractivity contribution in [2.45, 2.75) is 25.3 Å². The molecule has 0 radical (unpaired) electrons. The molecule has 2 aliphatic rings. The van der Waals surface area contributed by atoms with Gasteiger partial charge in [0.1, 0.15) is 0 Å². The van der Waals surface area contributed by atoms with Crippen LogP contribution in [0.3, 0.4) is 0 Å². The summed E-state index contributed by atoms with van der Waals surface area (Å²) in [6.45, 7) is 5.84. The topological polar surface area (TPSA) is 78.7 Å². The monoisotopic (exact) mass is 254 g/mol. The number of nitrogens with one attached hydrogen (secondary N) is 1. The first-order valence-corrected chi connectivity index (χ1v) is 6.62. The molecule has 1 saturated carbocycles. The van der Waals surface area contributed by atoms with E-state index in [1.165, 1.54) is 0 Å². The Hall–Kier alpha value is -1.14. The van der Waals surface area contributed by atoms with Crippen LogP contribution in [0.5, 0.6) is 0 Å². The maximum Gasteiger partial charge on any atom is 0.242 e. The molecular weight excluding hydrogens is 232 g/mol. The van der Waals surface area contributed by atoms with Crippen LogP contribution in [-0.2, 0) is 9.59 Å². The minimum Gasteiger partial charge on any atom is -0.355 e. The van der Waals surface area contributed by atoms with Crippen LogP contribution in [-0.4, -0.2) is 66.4 Å². The summed E-state index contributed by atoms with van der Waals surface area (Å²) in [5.41, 5.74) is 5.34. The van der Waals surface area contributed by atoms with Crippen LogP contribution in [0.25, 0.3) is 0 Å². The van der Waals surface area contributed by atoms with Gasteiger partial charge >= 0.3 is 0 Å². The van der Waals surface area contributed by atoms with Crippen LogP contribution in [0.2, 0.25) is 0 Å². The van der Waals surface area contributed by atoms with Crippen molar-refractivity contribution >= 4 is 11.8 Å². The van der Waals surface area contributed by atoms with E-state index in [9.17, 15) is 9.59 Å². The summed E-state index contributed by atoms with van der Waals surface area (Å²) in [5, 5.41) is 2.78. The van der Waals surface area contributed by atoms with Crippen molar-refractivity contribution in [2.24, 2.45) is 5.73 Å². The van der Waals surface area contributed by atoms with Crippen LogP contribution >= 0.6 is 0 Å². The molecule has 2 amide bonds. The van der Waals surface area contributed by atoms with Crippen molar-refractivity contribution in [2.75, 3.05) is 39.3 Å². The number of carbonyl (C=O) groups is 2. The van der Waals surface area contributed by atoms with Gasteiger partial charge in [-0.05, 0) is 19.8 Å². The summed E-state index contributed by atoms with van der Waals surface area (Å²) >= 11 is 0. The fraction of sp³-hybridized carbons (Fsp3) is 0.833. The lowest BCUT2D eigenvalue weighted by atomic mass is 10.2. The fourth-order valence-corrected chi connectivity index (χ4v) is 2.23. The number of hydrogen-bond acceptors (Lipinski definition) is 4. The Labute approximate surface area is 107 Å². The Kier molecular flexibility index (Phi) is 3.87. The molecule has 0 unspecified atom stereocenters. The molecule has 2 rings (SSSR count). The van der Waals surface area contributed by atoms with Crippen LogP contribution in [0, 0.1) is 0 Å². The second-order valence-electron chi connectivity index (χ2n) is 5.18. The molecule has 1 aliphatic heterocycles. The first kappa shape index (κ1) is 13.3. The predicted molar refractivity (Wildman–Crippen MR) is 67.9 cm³/mol. The van der Waals surface area contributed by atoms with Gasteiger partial charge in [0.15, 0.2) is 0 Å². The van der Waals surface area contributed by atoms with Crippen molar-refractivity contribution in [3.8, 4) is 0 Å². The average molecular weight is 254 g/mol. The summed E-state index contributed by atoms with van der Waals surface area (Å²) in [6, 6.07) is 0. The van der Waals surface area contributed by atoms with E-state index in [1.54, 1.807) is 0 Å². The highest BCUT2D eigenvalue weighted by Crippen LogP contribution is 2.34. The molecular formula is C12H22N4O2. The Balaban J connectivity index is 1.74. The van der Waals surface area contributed by atoms with Crippen molar-refractivity contribution in [3.05, 3.63) is 0 Å². The fourth-order valence-electron chi connectivity index (χ4n) is 2.23. The largest absolute Gasteiger partial charge is 0.355 e. The Bertz CT molecular complexity index is 333. The minimum atomic E-state index is -0.568. The predicted octanol–water partition coefficient (Wildman–Crippen LogP) is -1.24. The lowest BCUT2D eigenvalue weighted by molar-refractivity contribution is -0.135. The van der Waals surface area contributed by atoms with Gasteiger partial charge < -0.3 is 16.0 Å².